The van der Waals surface area contributed by atoms with Crippen molar-refractivity contribution in [2.45, 2.75) is 13.5 Å². The molecular formula is C18H20N4O3. The number of benzene rings is 1. The van der Waals surface area contributed by atoms with Crippen LogP contribution in [0.5, 0.6) is 5.75 Å². The molecular weight excluding hydrogens is 320 g/mol. The summed E-state index contributed by atoms with van der Waals surface area (Å²) in [6.45, 7) is 5.55. The Morgan fingerprint density at radius 1 is 1.28 bits per heavy atom. The summed E-state index contributed by atoms with van der Waals surface area (Å²) >= 11 is 0. The molecule has 7 nitrogen and oxygen atoms in total. The molecule has 0 spiro atoms. The number of nitriles is 1. The second-order valence-electron chi connectivity index (χ2n) is 6.02. The minimum absolute atomic E-state index is 0.00714. The van der Waals surface area contributed by atoms with Gasteiger partial charge in [0.25, 0.3) is 5.91 Å². The minimum Gasteiger partial charge on any atom is -0.484 e. The number of hydrogen-bond acceptors (Lipinski definition) is 6. The molecule has 0 atom stereocenters. The number of rotatable bonds is 5. The third kappa shape index (κ3) is 4.58. The van der Waals surface area contributed by atoms with Gasteiger partial charge in [0.1, 0.15) is 5.75 Å². The molecule has 0 radical (unpaired) electrons. The van der Waals surface area contributed by atoms with E-state index in [1.807, 2.05) is 24.0 Å². The first-order valence-corrected chi connectivity index (χ1v) is 8.19. The number of carbonyl (C=O) groups excluding carboxylic acids is 1. The van der Waals surface area contributed by atoms with Gasteiger partial charge in [-0.05, 0) is 31.2 Å². The fourth-order valence-corrected chi connectivity index (χ4v) is 2.73. The predicted octanol–water partition coefficient (Wildman–Crippen LogP) is 1.58. The van der Waals surface area contributed by atoms with E-state index in [0.717, 1.165) is 24.5 Å². The average Bonchev–Trinajstić information content (AvgIpc) is 3.05. The molecule has 2 heterocycles. The second kappa shape index (κ2) is 7.81. The van der Waals surface area contributed by atoms with Crippen molar-refractivity contribution in [1.29, 1.82) is 5.26 Å². The van der Waals surface area contributed by atoms with Crippen molar-refractivity contribution in [3.05, 3.63) is 47.3 Å². The Bertz CT molecular complexity index is 755. The van der Waals surface area contributed by atoms with Gasteiger partial charge in [0.2, 0.25) is 0 Å². The topological polar surface area (TPSA) is 82.6 Å². The van der Waals surface area contributed by atoms with Crippen LogP contribution in [0.4, 0.5) is 0 Å². The standard InChI is InChI=1S/C18H20N4O3/c1-14-10-17(25-20-14)12-21-6-8-22(9-7-21)18(23)13-24-16-4-2-15(11-19)3-5-16/h2-5,10H,6-9,12-13H2,1H3. The Hall–Kier alpha value is -2.85. The fourth-order valence-electron chi connectivity index (χ4n) is 2.73. The van der Waals surface area contributed by atoms with Gasteiger partial charge in [-0.1, -0.05) is 5.16 Å². The van der Waals surface area contributed by atoms with Gasteiger partial charge in [-0.3, -0.25) is 9.69 Å². The van der Waals surface area contributed by atoms with Crippen LogP contribution >= 0.6 is 0 Å². The smallest absolute Gasteiger partial charge is 0.260 e. The molecule has 0 aliphatic carbocycles. The zero-order chi connectivity index (χ0) is 17.6. The van der Waals surface area contributed by atoms with Crippen LogP contribution in [0.25, 0.3) is 0 Å². The van der Waals surface area contributed by atoms with Gasteiger partial charge >= 0.3 is 0 Å². The number of nitrogens with zero attached hydrogens (tertiary/aromatic N) is 4. The van der Waals surface area contributed by atoms with Crippen molar-refractivity contribution in [3.63, 3.8) is 0 Å². The highest BCUT2D eigenvalue weighted by Crippen LogP contribution is 2.13. The number of hydrogen-bond donors (Lipinski definition) is 0. The molecule has 0 unspecified atom stereocenters. The minimum atomic E-state index is -0.0282. The van der Waals surface area contributed by atoms with E-state index in [0.29, 0.717) is 30.9 Å². The van der Waals surface area contributed by atoms with Crippen molar-refractivity contribution in [2.24, 2.45) is 0 Å². The molecule has 130 valence electrons. The van der Waals surface area contributed by atoms with Gasteiger partial charge in [0.05, 0.1) is 23.9 Å². The number of carbonyl (C=O) groups is 1. The first-order chi connectivity index (χ1) is 12.1. The van der Waals surface area contributed by atoms with E-state index in [-0.39, 0.29) is 12.5 Å². The van der Waals surface area contributed by atoms with E-state index < -0.39 is 0 Å². The number of aromatic nitrogens is 1. The SMILES string of the molecule is Cc1cc(CN2CCN(C(=O)COc3ccc(C#N)cc3)CC2)on1. The zero-order valence-corrected chi connectivity index (χ0v) is 14.1. The quantitative estimate of drug-likeness (QED) is 0.822. The van der Waals surface area contributed by atoms with E-state index >= 15 is 0 Å². The Kier molecular flexibility index (Phi) is 5.31. The number of aryl methyl sites for hydroxylation is 1. The molecule has 7 heteroatoms. The third-order valence-electron chi connectivity index (χ3n) is 4.13. The zero-order valence-electron chi connectivity index (χ0n) is 14.1. The van der Waals surface area contributed by atoms with Crippen LogP contribution in [-0.2, 0) is 11.3 Å². The van der Waals surface area contributed by atoms with Crippen LogP contribution < -0.4 is 4.74 Å². The normalized spacial score (nSPS) is 15.0. The van der Waals surface area contributed by atoms with Crippen LogP contribution in [0.1, 0.15) is 17.0 Å². The van der Waals surface area contributed by atoms with Gasteiger partial charge in [-0.25, -0.2) is 0 Å². The van der Waals surface area contributed by atoms with Crippen molar-refractivity contribution < 1.29 is 14.1 Å². The van der Waals surface area contributed by atoms with Gasteiger partial charge in [-0.15, -0.1) is 0 Å². The highest BCUT2D eigenvalue weighted by Gasteiger charge is 2.22. The molecule has 1 saturated heterocycles. The predicted molar refractivity (Wildman–Crippen MR) is 89.7 cm³/mol. The number of piperazine rings is 1. The van der Waals surface area contributed by atoms with Crippen molar-refractivity contribution >= 4 is 5.91 Å². The summed E-state index contributed by atoms with van der Waals surface area (Å²) in [5.74, 6) is 1.41. The molecule has 3 rings (SSSR count). The lowest BCUT2D eigenvalue weighted by atomic mass is 10.2. The summed E-state index contributed by atoms with van der Waals surface area (Å²) in [4.78, 5) is 16.3. The van der Waals surface area contributed by atoms with E-state index in [9.17, 15) is 4.79 Å². The van der Waals surface area contributed by atoms with E-state index in [4.69, 9.17) is 14.5 Å². The molecule has 1 aliphatic heterocycles. The maximum atomic E-state index is 12.3. The van der Waals surface area contributed by atoms with Crippen molar-refractivity contribution in [3.8, 4) is 11.8 Å². The Morgan fingerprint density at radius 3 is 2.60 bits per heavy atom. The highest BCUT2D eigenvalue weighted by molar-refractivity contribution is 5.77. The van der Waals surface area contributed by atoms with Crippen LogP contribution in [0, 0.1) is 18.3 Å². The first kappa shape index (κ1) is 17.0. The number of amides is 1. The maximum absolute atomic E-state index is 12.3. The maximum Gasteiger partial charge on any atom is 0.260 e. The molecule has 0 bridgehead atoms. The van der Waals surface area contributed by atoms with E-state index in [1.54, 1.807) is 24.3 Å². The molecule has 2 aromatic rings. The molecule has 1 aliphatic rings. The summed E-state index contributed by atoms with van der Waals surface area (Å²) in [5, 5.41) is 12.7. The van der Waals surface area contributed by atoms with Gasteiger partial charge < -0.3 is 14.2 Å². The van der Waals surface area contributed by atoms with Crippen LogP contribution in [0.15, 0.2) is 34.9 Å². The van der Waals surface area contributed by atoms with Crippen molar-refractivity contribution in [1.82, 2.24) is 15.0 Å². The Morgan fingerprint density at radius 2 is 2.00 bits per heavy atom. The lowest BCUT2D eigenvalue weighted by Crippen LogP contribution is -2.49. The lowest BCUT2D eigenvalue weighted by molar-refractivity contribution is -0.135. The van der Waals surface area contributed by atoms with Crippen LogP contribution in [-0.4, -0.2) is 53.6 Å². The lowest BCUT2D eigenvalue weighted by Gasteiger charge is -2.34. The summed E-state index contributed by atoms with van der Waals surface area (Å²) in [7, 11) is 0. The Labute approximate surface area is 146 Å². The van der Waals surface area contributed by atoms with E-state index in [2.05, 4.69) is 10.1 Å². The highest BCUT2D eigenvalue weighted by atomic mass is 16.5. The summed E-state index contributed by atoms with van der Waals surface area (Å²) in [6.07, 6.45) is 0. The number of ether oxygens (including phenoxy) is 1. The molecule has 1 aromatic carbocycles. The van der Waals surface area contributed by atoms with Crippen LogP contribution in [0.2, 0.25) is 0 Å². The summed E-state index contributed by atoms with van der Waals surface area (Å²) in [5.41, 5.74) is 1.44. The molecule has 1 aromatic heterocycles. The third-order valence-corrected chi connectivity index (χ3v) is 4.13. The first-order valence-electron chi connectivity index (χ1n) is 8.19. The summed E-state index contributed by atoms with van der Waals surface area (Å²) < 4.78 is 10.7. The van der Waals surface area contributed by atoms with Gasteiger partial charge in [0, 0.05) is 32.2 Å². The second-order valence-corrected chi connectivity index (χ2v) is 6.02. The molecule has 1 fully saturated rings. The molecule has 25 heavy (non-hydrogen) atoms. The average molecular weight is 340 g/mol. The van der Waals surface area contributed by atoms with E-state index in [1.165, 1.54) is 0 Å². The van der Waals surface area contributed by atoms with Gasteiger partial charge in [0.15, 0.2) is 12.4 Å². The van der Waals surface area contributed by atoms with Crippen molar-refractivity contribution in [2.75, 3.05) is 32.8 Å². The molecule has 1 amide bonds. The molecule has 0 saturated carbocycles. The van der Waals surface area contributed by atoms with Crippen LogP contribution in [0.3, 0.4) is 0 Å². The van der Waals surface area contributed by atoms with Gasteiger partial charge in [-0.2, -0.15) is 5.26 Å². The molecule has 0 N–H and O–H groups in total. The summed E-state index contributed by atoms with van der Waals surface area (Å²) in [6, 6.07) is 10.7. The Balaban J connectivity index is 1.42. The monoisotopic (exact) mass is 340 g/mol. The largest absolute Gasteiger partial charge is 0.484 e. The fraction of sp³-hybridized carbons (Fsp3) is 0.389.